The van der Waals surface area contributed by atoms with Gasteiger partial charge in [-0.2, -0.15) is 0 Å². The summed E-state index contributed by atoms with van der Waals surface area (Å²) in [5, 5.41) is 0. The SMILES string of the molecule is O=S(C1=CCC[C@H]2CCC[C@@H]12)c1ccccc1. The molecule has 2 heteroatoms. The second-order valence-corrected chi connectivity index (χ2v) is 6.54. The van der Waals surface area contributed by atoms with Gasteiger partial charge in [0.1, 0.15) is 0 Å². The maximum Gasteiger partial charge on any atom is 0.0808 e. The molecule has 1 aromatic rings. The summed E-state index contributed by atoms with van der Waals surface area (Å²) in [5.41, 5.74) is 0. The van der Waals surface area contributed by atoms with Crippen molar-refractivity contribution >= 4 is 10.8 Å². The molecule has 0 bridgehead atoms. The summed E-state index contributed by atoms with van der Waals surface area (Å²) in [6.07, 6.45) is 8.58. The van der Waals surface area contributed by atoms with Gasteiger partial charge in [-0.25, -0.2) is 4.21 Å². The smallest absolute Gasteiger partial charge is 0.0808 e. The highest BCUT2D eigenvalue weighted by molar-refractivity contribution is 7.89. The standard InChI is InChI=1S/C15H18OS/c16-17(13-8-2-1-3-9-13)15-11-5-7-12-6-4-10-14(12)15/h1-3,8-9,11-12,14H,4-7,10H2/t12-,14-,17?/m1/s1. The van der Waals surface area contributed by atoms with Crippen LogP contribution in [0.4, 0.5) is 0 Å². The molecule has 3 atom stereocenters. The lowest BCUT2D eigenvalue weighted by atomic mass is 9.87. The van der Waals surface area contributed by atoms with Gasteiger partial charge in [0.15, 0.2) is 0 Å². The maximum absolute atomic E-state index is 12.6. The molecule has 0 saturated heterocycles. The van der Waals surface area contributed by atoms with E-state index in [-0.39, 0.29) is 0 Å². The summed E-state index contributed by atoms with van der Waals surface area (Å²) in [6.45, 7) is 0. The van der Waals surface area contributed by atoms with Gasteiger partial charge in [-0.3, -0.25) is 0 Å². The van der Waals surface area contributed by atoms with Crippen LogP contribution in [0.1, 0.15) is 32.1 Å². The summed E-state index contributed by atoms with van der Waals surface area (Å²) < 4.78 is 12.6. The first-order chi connectivity index (χ1) is 8.36. The van der Waals surface area contributed by atoms with Crippen LogP contribution in [-0.2, 0) is 10.8 Å². The van der Waals surface area contributed by atoms with Crippen LogP contribution in [0.3, 0.4) is 0 Å². The Morgan fingerprint density at radius 2 is 1.88 bits per heavy atom. The quantitative estimate of drug-likeness (QED) is 0.773. The molecule has 0 aromatic heterocycles. The predicted octanol–water partition coefficient (Wildman–Crippen LogP) is 3.89. The van der Waals surface area contributed by atoms with Gasteiger partial charge in [0.05, 0.1) is 10.8 Å². The molecule has 0 spiro atoms. The van der Waals surface area contributed by atoms with Crippen molar-refractivity contribution in [2.24, 2.45) is 11.8 Å². The molecule has 2 aliphatic rings. The largest absolute Gasteiger partial charge is 0.249 e. The van der Waals surface area contributed by atoms with Crippen LogP contribution < -0.4 is 0 Å². The predicted molar refractivity (Wildman–Crippen MR) is 71.0 cm³/mol. The zero-order valence-corrected chi connectivity index (χ0v) is 10.8. The minimum atomic E-state index is -0.919. The van der Waals surface area contributed by atoms with Crippen molar-refractivity contribution in [2.75, 3.05) is 0 Å². The molecule has 3 rings (SSSR count). The van der Waals surface area contributed by atoms with Crippen LogP contribution in [0.15, 0.2) is 46.2 Å². The van der Waals surface area contributed by atoms with E-state index in [1.54, 1.807) is 0 Å². The Bertz CT molecular complexity index is 449. The first kappa shape index (κ1) is 11.2. The highest BCUT2D eigenvalue weighted by Gasteiger charge is 2.34. The summed E-state index contributed by atoms with van der Waals surface area (Å²) in [4.78, 5) is 2.18. The maximum atomic E-state index is 12.6. The molecule has 1 fully saturated rings. The van der Waals surface area contributed by atoms with Gasteiger partial charge in [-0.15, -0.1) is 0 Å². The van der Waals surface area contributed by atoms with Crippen LogP contribution in [0.25, 0.3) is 0 Å². The lowest BCUT2D eigenvalue weighted by molar-refractivity contribution is 0.404. The number of allylic oxidation sites excluding steroid dienone is 2. The molecule has 0 radical (unpaired) electrons. The van der Waals surface area contributed by atoms with Gasteiger partial charge in [0, 0.05) is 9.80 Å². The Balaban J connectivity index is 1.89. The average molecular weight is 246 g/mol. The Labute approximate surface area is 105 Å². The third kappa shape index (κ3) is 2.11. The molecule has 1 nitrogen and oxygen atoms in total. The van der Waals surface area contributed by atoms with Gasteiger partial charge in [0.25, 0.3) is 0 Å². The number of benzene rings is 1. The highest BCUT2D eigenvalue weighted by Crippen LogP contribution is 2.44. The Morgan fingerprint density at radius 3 is 2.71 bits per heavy atom. The summed E-state index contributed by atoms with van der Waals surface area (Å²) in [5.74, 6) is 1.41. The molecule has 17 heavy (non-hydrogen) atoms. The summed E-state index contributed by atoms with van der Waals surface area (Å²) in [6, 6.07) is 9.89. The molecule has 0 N–H and O–H groups in total. The van der Waals surface area contributed by atoms with Crippen molar-refractivity contribution in [1.82, 2.24) is 0 Å². The molecule has 0 heterocycles. The lowest BCUT2D eigenvalue weighted by Crippen LogP contribution is -2.17. The third-order valence-corrected chi connectivity index (χ3v) is 5.68. The minimum absolute atomic E-state index is 0.602. The van der Waals surface area contributed by atoms with E-state index in [0.29, 0.717) is 5.92 Å². The fraction of sp³-hybridized carbons (Fsp3) is 0.467. The molecular formula is C15H18OS. The lowest BCUT2D eigenvalue weighted by Gasteiger charge is -2.26. The number of hydrogen-bond acceptors (Lipinski definition) is 1. The van der Waals surface area contributed by atoms with Crippen LogP contribution >= 0.6 is 0 Å². The van der Waals surface area contributed by atoms with E-state index in [1.165, 1.54) is 30.6 Å². The first-order valence-corrected chi connectivity index (χ1v) is 7.68. The van der Waals surface area contributed by atoms with E-state index in [2.05, 4.69) is 6.08 Å². The van der Waals surface area contributed by atoms with Crippen molar-refractivity contribution in [1.29, 1.82) is 0 Å². The van der Waals surface area contributed by atoms with Crippen molar-refractivity contribution in [3.8, 4) is 0 Å². The van der Waals surface area contributed by atoms with Gasteiger partial charge in [0.2, 0.25) is 0 Å². The fourth-order valence-corrected chi connectivity index (χ4v) is 4.77. The van der Waals surface area contributed by atoms with Crippen molar-refractivity contribution in [2.45, 2.75) is 37.0 Å². The molecule has 1 saturated carbocycles. The molecule has 1 unspecified atom stereocenters. The van der Waals surface area contributed by atoms with Gasteiger partial charge >= 0.3 is 0 Å². The fourth-order valence-electron chi connectivity index (χ4n) is 3.24. The van der Waals surface area contributed by atoms with Gasteiger partial charge in [-0.1, -0.05) is 30.7 Å². The monoisotopic (exact) mass is 246 g/mol. The summed E-state index contributed by atoms with van der Waals surface area (Å²) >= 11 is 0. The van der Waals surface area contributed by atoms with E-state index < -0.39 is 10.8 Å². The molecule has 0 amide bonds. The second-order valence-electron chi connectivity index (χ2n) is 5.06. The van der Waals surface area contributed by atoms with Crippen LogP contribution in [0, 0.1) is 11.8 Å². The number of fused-ring (bicyclic) bond motifs is 1. The molecule has 2 aliphatic carbocycles. The molecule has 90 valence electrons. The van der Waals surface area contributed by atoms with Crippen LogP contribution in [-0.4, -0.2) is 4.21 Å². The van der Waals surface area contributed by atoms with E-state index in [1.807, 2.05) is 30.3 Å². The molecule has 0 aliphatic heterocycles. The van der Waals surface area contributed by atoms with E-state index >= 15 is 0 Å². The molecule has 1 aromatic carbocycles. The average Bonchev–Trinajstić information content (AvgIpc) is 2.87. The number of hydrogen-bond donors (Lipinski definition) is 0. The Kier molecular flexibility index (Phi) is 3.15. The zero-order valence-electron chi connectivity index (χ0n) is 9.97. The number of rotatable bonds is 2. The Morgan fingerprint density at radius 1 is 1.06 bits per heavy atom. The summed E-state index contributed by atoms with van der Waals surface area (Å²) in [7, 11) is -0.919. The molecular weight excluding hydrogens is 228 g/mol. The van der Waals surface area contributed by atoms with Gasteiger partial charge in [-0.05, 0) is 49.7 Å². The normalized spacial score (nSPS) is 29.5. The third-order valence-electron chi connectivity index (χ3n) is 4.08. The van der Waals surface area contributed by atoms with Crippen molar-refractivity contribution in [3.05, 3.63) is 41.3 Å². The van der Waals surface area contributed by atoms with Gasteiger partial charge < -0.3 is 0 Å². The topological polar surface area (TPSA) is 17.1 Å². The van der Waals surface area contributed by atoms with Crippen LogP contribution in [0.5, 0.6) is 0 Å². The van der Waals surface area contributed by atoms with E-state index in [4.69, 9.17) is 0 Å². The second kappa shape index (κ2) is 4.77. The first-order valence-electron chi connectivity index (χ1n) is 6.53. The van der Waals surface area contributed by atoms with Crippen molar-refractivity contribution in [3.63, 3.8) is 0 Å². The van der Waals surface area contributed by atoms with Crippen LogP contribution in [0.2, 0.25) is 0 Å². The van der Waals surface area contributed by atoms with E-state index in [9.17, 15) is 4.21 Å². The van der Waals surface area contributed by atoms with Crippen molar-refractivity contribution < 1.29 is 4.21 Å². The highest BCUT2D eigenvalue weighted by atomic mass is 32.2. The Hall–Kier alpha value is -0.890. The van der Waals surface area contributed by atoms with E-state index in [0.717, 1.165) is 17.2 Å². The minimum Gasteiger partial charge on any atom is -0.249 e. The zero-order chi connectivity index (χ0) is 11.7.